The number of nitrogens with two attached hydrogens (primary N) is 1. The van der Waals surface area contributed by atoms with Crippen LogP contribution >= 0.6 is 0 Å². The highest BCUT2D eigenvalue weighted by atomic mass is 19.1. The molecule has 0 saturated heterocycles. The summed E-state index contributed by atoms with van der Waals surface area (Å²) in [6.45, 7) is 5.01. The average molecular weight is 236 g/mol. The minimum atomic E-state index is -0.428. The highest BCUT2D eigenvalue weighted by molar-refractivity contribution is 5.99. The molecule has 1 aromatic carbocycles. The molecule has 3 nitrogen and oxygen atoms in total. The van der Waals surface area contributed by atoms with Crippen LogP contribution in [0.4, 0.5) is 10.1 Å². The number of anilines is 1. The molecular weight excluding hydrogens is 219 g/mol. The molecule has 0 radical (unpaired) electrons. The predicted molar refractivity (Wildman–Crippen MR) is 65.0 cm³/mol. The predicted octanol–water partition coefficient (Wildman–Crippen LogP) is 2.18. The third-order valence-corrected chi connectivity index (χ3v) is 3.48. The minimum Gasteiger partial charge on any atom is -0.398 e. The van der Waals surface area contributed by atoms with E-state index in [9.17, 15) is 9.18 Å². The smallest absolute Gasteiger partial charge is 0.253 e. The Labute approximate surface area is 100 Å². The summed E-state index contributed by atoms with van der Waals surface area (Å²) in [7, 11) is 0. The van der Waals surface area contributed by atoms with Crippen LogP contribution in [0.2, 0.25) is 0 Å². The Kier molecular flexibility index (Phi) is 2.81. The van der Waals surface area contributed by atoms with Crippen LogP contribution in [0.15, 0.2) is 18.2 Å². The first kappa shape index (κ1) is 11.9. The van der Waals surface area contributed by atoms with E-state index in [1.54, 1.807) is 0 Å². The van der Waals surface area contributed by atoms with E-state index in [2.05, 4.69) is 19.2 Å². The Morgan fingerprint density at radius 2 is 2.24 bits per heavy atom. The zero-order valence-corrected chi connectivity index (χ0v) is 10.1. The van der Waals surface area contributed by atoms with Gasteiger partial charge >= 0.3 is 0 Å². The van der Waals surface area contributed by atoms with Crippen LogP contribution in [0.1, 0.15) is 30.6 Å². The number of carbonyl (C=O) groups excluding carboxylic acids is 1. The second kappa shape index (κ2) is 4.02. The number of amides is 1. The van der Waals surface area contributed by atoms with Gasteiger partial charge in [0.1, 0.15) is 5.82 Å². The molecule has 1 aliphatic carbocycles. The molecule has 1 unspecified atom stereocenters. The summed E-state index contributed by atoms with van der Waals surface area (Å²) in [6, 6.07) is 3.82. The molecule has 1 saturated carbocycles. The Morgan fingerprint density at radius 3 is 2.76 bits per heavy atom. The Bertz CT molecular complexity index is 457. The van der Waals surface area contributed by atoms with Gasteiger partial charge < -0.3 is 11.1 Å². The monoisotopic (exact) mass is 236 g/mol. The van der Waals surface area contributed by atoms with Crippen molar-refractivity contribution in [2.45, 2.75) is 20.3 Å². The molecule has 92 valence electrons. The third kappa shape index (κ3) is 2.57. The number of hydrogen-bond donors (Lipinski definition) is 2. The van der Waals surface area contributed by atoms with Gasteiger partial charge in [0.2, 0.25) is 0 Å². The van der Waals surface area contributed by atoms with Crippen LogP contribution in [0.25, 0.3) is 0 Å². The molecule has 1 amide bonds. The molecular formula is C13H17FN2O. The van der Waals surface area contributed by atoms with E-state index in [0.29, 0.717) is 23.4 Å². The van der Waals surface area contributed by atoms with E-state index in [1.165, 1.54) is 12.1 Å². The van der Waals surface area contributed by atoms with Gasteiger partial charge in [-0.3, -0.25) is 4.79 Å². The van der Waals surface area contributed by atoms with Crippen molar-refractivity contribution in [2.24, 2.45) is 11.3 Å². The first-order valence-electron chi connectivity index (χ1n) is 5.73. The maximum Gasteiger partial charge on any atom is 0.253 e. The summed E-state index contributed by atoms with van der Waals surface area (Å²) in [5, 5.41) is 2.84. The summed E-state index contributed by atoms with van der Waals surface area (Å²) >= 11 is 0. The number of hydrogen-bond acceptors (Lipinski definition) is 2. The van der Waals surface area contributed by atoms with Crippen molar-refractivity contribution in [3.05, 3.63) is 29.6 Å². The standard InChI is InChI=1S/C13H17FN2O/c1-13(2)6-8(13)7-16-12(17)10-4-3-9(14)5-11(10)15/h3-5,8H,6-7,15H2,1-2H3,(H,16,17). The van der Waals surface area contributed by atoms with Crippen molar-refractivity contribution in [1.29, 1.82) is 0 Å². The van der Waals surface area contributed by atoms with Gasteiger partial charge in [-0.15, -0.1) is 0 Å². The van der Waals surface area contributed by atoms with Gasteiger partial charge in [0.05, 0.1) is 5.56 Å². The van der Waals surface area contributed by atoms with Gasteiger partial charge in [-0.2, -0.15) is 0 Å². The van der Waals surface area contributed by atoms with Crippen LogP contribution in [0, 0.1) is 17.2 Å². The van der Waals surface area contributed by atoms with Gasteiger partial charge in [0.25, 0.3) is 5.91 Å². The molecule has 1 aromatic rings. The van der Waals surface area contributed by atoms with Crippen LogP contribution in [-0.2, 0) is 0 Å². The van der Waals surface area contributed by atoms with Crippen molar-refractivity contribution < 1.29 is 9.18 Å². The lowest BCUT2D eigenvalue weighted by molar-refractivity contribution is 0.0951. The second-order valence-electron chi connectivity index (χ2n) is 5.33. The summed E-state index contributed by atoms with van der Waals surface area (Å²) in [4.78, 5) is 11.8. The van der Waals surface area contributed by atoms with Crippen molar-refractivity contribution in [2.75, 3.05) is 12.3 Å². The van der Waals surface area contributed by atoms with E-state index in [1.807, 2.05) is 0 Å². The maximum absolute atomic E-state index is 12.8. The number of rotatable bonds is 3. The zero-order chi connectivity index (χ0) is 12.6. The summed E-state index contributed by atoms with van der Waals surface area (Å²) in [6.07, 6.45) is 1.13. The molecule has 4 heteroatoms. The average Bonchev–Trinajstić information content (AvgIpc) is 2.83. The molecule has 1 fully saturated rings. The van der Waals surface area contributed by atoms with Gasteiger partial charge in [-0.25, -0.2) is 4.39 Å². The highest BCUT2D eigenvalue weighted by Crippen LogP contribution is 2.50. The summed E-state index contributed by atoms with van der Waals surface area (Å²) < 4.78 is 12.8. The Morgan fingerprint density at radius 1 is 1.59 bits per heavy atom. The van der Waals surface area contributed by atoms with E-state index >= 15 is 0 Å². The van der Waals surface area contributed by atoms with Crippen molar-refractivity contribution in [3.63, 3.8) is 0 Å². The first-order chi connectivity index (χ1) is 7.90. The summed E-state index contributed by atoms with van der Waals surface area (Å²) in [5.74, 6) is -0.124. The van der Waals surface area contributed by atoms with Crippen LogP contribution in [-0.4, -0.2) is 12.5 Å². The van der Waals surface area contributed by atoms with E-state index in [-0.39, 0.29) is 11.6 Å². The normalized spacial score (nSPS) is 21.0. The molecule has 1 atom stereocenters. The van der Waals surface area contributed by atoms with Crippen LogP contribution in [0.3, 0.4) is 0 Å². The molecule has 2 rings (SSSR count). The van der Waals surface area contributed by atoms with Gasteiger partial charge in [-0.1, -0.05) is 13.8 Å². The molecule has 17 heavy (non-hydrogen) atoms. The summed E-state index contributed by atoms with van der Waals surface area (Å²) in [5.41, 5.74) is 6.45. The number of nitrogen functional groups attached to an aromatic ring is 1. The molecule has 0 aromatic heterocycles. The molecule has 0 heterocycles. The number of halogens is 1. The van der Waals surface area contributed by atoms with Gasteiger partial charge in [-0.05, 0) is 36.0 Å². The Hall–Kier alpha value is -1.58. The topological polar surface area (TPSA) is 55.1 Å². The fraction of sp³-hybridized carbons (Fsp3) is 0.462. The fourth-order valence-corrected chi connectivity index (χ4v) is 1.98. The van der Waals surface area contributed by atoms with E-state index in [4.69, 9.17) is 5.73 Å². The van der Waals surface area contributed by atoms with Gasteiger partial charge in [0.15, 0.2) is 0 Å². The number of benzene rings is 1. The first-order valence-corrected chi connectivity index (χ1v) is 5.73. The lowest BCUT2D eigenvalue weighted by Crippen LogP contribution is -2.27. The van der Waals surface area contributed by atoms with Crippen molar-refractivity contribution >= 4 is 11.6 Å². The third-order valence-electron chi connectivity index (χ3n) is 3.48. The second-order valence-corrected chi connectivity index (χ2v) is 5.33. The zero-order valence-electron chi connectivity index (χ0n) is 10.1. The lowest BCUT2D eigenvalue weighted by atomic mass is 10.1. The fourth-order valence-electron chi connectivity index (χ4n) is 1.98. The highest BCUT2D eigenvalue weighted by Gasteiger charge is 2.45. The molecule has 3 N–H and O–H groups in total. The largest absolute Gasteiger partial charge is 0.398 e. The number of carbonyl (C=O) groups is 1. The van der Waals surface area contributed by atoms with Crippen LogP contribution < -0.4 is 11.1 Å². The molecule has 1 aliphatic rings. The number of nitrogens with one attached hydrogen (secondary N) is 1. The molecule has 0 bridgehead atoms. The quantitative estimate of drug-likeness (QED) is 0.790. The van der Waals surface area contributed by atoms with Gasteiger partial charge in [0, 0.05) is 12.2 Å². The Balaban J connectivity index is 1.96. The lowest BCUT2D eigenvalue weighted by Gasteiger charge is -2.08. The van der Waals surface area contributed by atoms with Crippen molar-refractivity contribution in [1.82, 2.24) is 5.32 Å². The maximum atomic E-state index is 12.8. The van der Waals surface area contributed by atoms with E-state index in [0.717, 1.165) is 12.5 Å². The minimum absolute atomic E-state index is 0.178. The van der Waals surface area contributed by atoms with Crippen molar-refractivity contribution in [3.8, 4) is 0 Å². The SMILES string of the molecule is CC1(C)CC1CNC(=O)c1ccc(F)cc1N. The van der Waals surface area contributed by atoms with Crippen LogP contribution in [0.5, 0.6) is 0 Å². The van der Waals surface area contributed by atoms with E-state index < -0.39 is 5.82 Å². The molecule has 0 aliphatic heterocycles. The molecule has 0 spiro atoms.